The number of nitrogens with zero attached hydrogens (tertiary/aromatic N) is 5. The predicted octanol–water partition coefficient (Wildman–Crippen LogP) is 1.24. The third kappa shape index (κ3) is 1.92. The number of carbonyl (C=O) groups is 1. The number of nitrogens with one attached hydrogen (secondary N) is 1. The van der Waals surface area contributed by atoms with Crippen molar-refractivity contribution in [2.24, 2.45) is 0 Å². The largest absolute Gasteiger partial charge is 0.450 e. The summed E-state index contributed by atoms with van der Waals surface area (Å²) in [7, 11) is 0. The number of para-hydroxylation sites is 2. The molecule has 2 heterocycles. The first-order valence-electron chi connectivity index (χ1n) is 5.70. The molecule has 0 atom stereocenters. The molecule has 0 aliphatic carbocycles. The Hall–Kier alpha value is -2.77. The summed E-state index contributed by atoms with van der Waals surface area (Å²) >= 11 is 0. The fourth-order valence-corrected chi connectivity index (χ4v) is 1.75. The molecule has 0 saturated heterocycles. The lowest BCUT2D eigenvalue weighted by Crippen LogP contribution is -2.15. The normalized spacial score (nSPS) is 10.8. The van der Waals surface area contributed by atoms with E-state index >= 15 is 0 Å². The SMILES string of the molecule is CCOC(=O)Nc1nc2ccccc2n2nnnc12. The molecule has 0 aliphatic rings. The van der Waals surface area contributed by atoms with Crippen molar-refractivity contribution in [1.82, 2.24) is 25.0 Å². The van der Waals surface area contributed by atoms with E-state index in [1.807, 2.05) is 24.3 Å². The third-order valence-electron chi connectivity index (χ3n) is 2.52. The van der Waals surface area contributed by atoms with Gasteiger partial charge in [-0.05, 0) is 29.5 Å². The molecule has 2 aromatic heterocycles. The molecular weight excluding hydrogens is 248 g/mol. The lowest BCUT2D eigenvalue weighted by atomic mass is 10.3. The van der Waals surface area contributed by atoms with E-state index in [4.69, 9.17) is 4.74 Å². The Morgan fingerprint density at radius 2 is 2.26 bits per heavy atom. The number of anilines is 1. The van der Waals surface area contributed by atoms with Crippen molar-refractivity contribution in [2.45, 2.75) is 6.92 Å². The van der Waals surface area contributed by atoms with E-state index in [0.717, 1.165) is 5.52 Å². The fraction of sp³-hybridized carbons (Fsp3) is 0.182. The van der Waals surface area contributed by atoms with E-state index < -0.39 is 6.09 Å². The van der Waals surface area contributed by atoms with E-state index in [1.54, 1.807) is 6.92 Å². The molecule has 1 amide bonds. The van der Waals surface area contributed by atoms with Crippen LogP contribution in [0, 0.1) is 0 Å². The molecule has 0 bridgehead atoms. The number of fused-ring (bicyclic) bond motifs is 3. The van der Waals surface area contributed by atoms with Crippen molar-refractivity contribution in [3.8, 4) is 0 Å². The van der Waals surface area contributed by atoms with Gasteiger partial charge in [-0.3, -0.25) is 5.32 Å². The molecule has 0 fully saturated rings. The number of rotatable bonds is 2. The molecule has 1 aromatic carbocycles. The summed E-state index contributed by atoms with van der Waals surface area (Å²) in [5, 5.41) is 13.9. The summed E-state index contributed by atoms with van der Waals surface area (Å²) in [4.78, 5) is 15.8. The van der Waals surface area contributed by atoms with Crippen molar-refractivity contribution in [2.75, 3.05) is 11.9 Å². The zero-order chi connectivity index (χ0) is 13.2. The van der Waals surface area contributed by atoms with E-state index in [-0.39, 0.29) is 12.4 Å². The average molecular weight is 258 g/mol. The summed E-state index contributed by atoms with van der Waals surface area (Å²) in [6.07, 6.45) is -0.588. The van der Waals surface area contributed by atoms with Crippen LogP contribution in [0.3, 0.4) is 0 Å². The molecule has 8 nitrogen and oxygen atoms in total. The van der Waals surface area contributed by atoms with Crippen LogP contribution in [0.4, 0.5) is 10.6 Å². The van der Waals surface area contributed by atoms with Crippen LogP contribution < -0.4 is 5.32 Å². The van der Waals surface area contributed by atoms with Crippen molar-refractivity contribution < 1.29 is 9.53 Å². The number of amides is 1. The Balaban J connectivity index is 2.16. The van der Waals surface area contributed by atoms with E-state index in [9.17, 15) is 4.79 Å². The lowest BCUT2D eigenvalue weighted by Gasteiger charge is -2.06. The first-order valence-corrected chi connectivity index (χ1v) is 5.70. The number of hydrogen-bond donors (Lipinski definition) is 1. The van der Waals surface area contributed by atoms with E-state index in [0.29, 0.717) is 11.2 Å². The third-order valence-corrected chi connectivity index (χ3v) is 2.52. The number of hydrogen-bond acceptors (Lipinski definition) is 6. The molecule has 1 N–H and O–H groups in total. The Labute approximate surface area is 107 Å². The summed E-state index contributed by atoms with van der Waals surface area (Å²) in [5.74, 6) is 0.266. The monoisotopic (exact) mass is 258 g/mol. The van der Waals surface area contributed by atoms with Gasteiger partial charge < -0.3 is 4.74 Å². The van der Waals surface area contributed by atoms with Gasteiger partial charge in [0, 0.05) is 0 Å². The van der Waals surface area contributed by atoms with Crippen LogP contribution in [0.25, 0.3) is 16.7 Å². The number of tetrazole rings is 1. The fourth-order valence-electron chi connectivity index (χ4n) is 1.75. The van der Waals surface area contributed by atoms with Crippen molar-refractivity contribution in [3.05, 3.63) is 24.3 Å². The van der Waals surface area contributed by atoms with E-state index in [1.165, 1.54) is 4.52 Å². The van der Waals surface area contributed by atoms with Crippen molar-refractivity contribution in [1.29, 1.82) is 0 Å². The first kappa shape index (κ1) is 11.3. The maximum absolute atomic E-state index is 11.5. The van der Waals surface area contributed by atoms with E-state index in [2.05, 4.69) is 25.8 Å². The number of benzene rings is 1. The van der Waals surface area contributed by atoms with Gasteiger partial charge in [0.15, 0.2) is 5.82 Å². The molecule has 0 radical (unpaired) electrons. The molecule has 3 aromatic rings. The Morgan fingerprint density at radius 3 is 3.11 bits per heavy atom. The lowest BCUT2D eigenvalue weighted by molar-refractivity contribution is 0.168. The Kier molecular flexibility index (Phi) is 2.67. The molecule has 0 saturated carbocycles. The summed E-state index contributed by atoms with van der Waals surface area (Å²) < 4.78 is 6.33. The van der Waals surface area contributed by atoms with Crippen LogP contribution in [0.5, 0.6) is 0 Å². The highest BCUT2D eigenvalue weighted by molar-refractivity contribution is 5.91. The maximum atomic E-state index is 11.5. The first-order chi connectivity index (χ1) is 9.29. The van der Waals surface area contributed by atoms with Gasteiger partial charge in [0.05, 0.1) is 17.6 Å². The smallest absolute Gasteiger partial charge is 0.412 e. The van der Waals surface area contributed by atoms with Crippen LogP contribution in [0.2, 0.25) is 0 Å². The number of ether oxygens (including phenoxy) is 1. The van der Waals surface area contributed by atoms with Crippen LogP contribution in [0.15, 0.2) is 24.3 Å². The van der Waals surface area contributed by atoms with Gasteiger partial charge in [0.2, 0.25) is 5.65 Å². The molecule has 3 rings (SSSR count). The van der Waals surface area contributed by atoms with Crippen molar-refractivity contribution >= 4 is 28.6 Å². The molecule has 96 valence electrons. The zero-order valence-corrected chi connectivity index (χ0v) is 10.1. The summed E-state index contributed by atoms with van der Waals surface area (Å²) in [5.41, 5.74) is 1.80. The van der Waals surface area contributed by atoms with Crippen LogP contribution in [-0.2, 0) is 4.74 Å². The minimum absolute atomic E-state index is 0.266. The maximum Gasteiger partial charge on any atom is 0.412 e. The molecule has 8 heteroatoms. The highest BCUT2D eigenvalue weighted by Gasteiger charge is 2.13. The molecule has 19 heavy (non-hydrogen) atoms. The van der Waals surface area contributed by atoms with Crippen LogP contribution in [0.1, 0.15) is 6.92 Å². The van der Waals surface area contributed by atoms with Crippen molar-refractivity contribution in [3.63, 3.8) is 0 Å². The second-order valence-corrected chi connectivity index (χ2v) is 3.71. The molecule has 0 aliphatic heterocycles. The highest BCUT2D eigenvalue weighted by atomic mass is 16.5. The minimum Gasteiger partial charge on any atom is -0.450 e. The highest BCUT2D eigenvalue weighted by Crippen LogP contribution is 2.18. The molecule has 0 unspecified atom stereocenters. The Bertz CT molecular complexity index is 753. The summed E-state index contributed by atoms with van der Waals surface area (Å²) in [6, 6.07) is 7.37. The second kappa shape index (κ2) is 4.48. The van der Waals surface area contributed by atoms with Gasteiger partial charge in [-0.2, -0.15) is 4.52 Å². The number of carbonyl (C=O) groups excluding carboxylic acids is 1. The van der Waals surface area contributed by atoms with Gasteiger partial charge >= 0.3 is 6.09 Å². The van der Waals surface area contributed by atoms with Gasteiger partial charge in [0.25, 0.3) is 0 Å². The summed E-state index contributed by atoms with van der Waals surface area (Å²) in [6.45, 7) is 2.00. The quantitative estimate of drug-likeness (QED) is 0.743. The average Bonchev–Trinajstić information content (AvgIpc) is 2.89. The topological polar surface area (TPSA) is 94.3 Å². The number of aromatic nitrogens is 5. The standard InChI is InChI=1S/C11H10N6O2/c1-2-19-11(18)13-9-10-14-15-16-17(10)8-6-4-3-5-7(8)12-9/h3-6H,2H2,1H3,(H,12,13,18). The van der Waals surface area contributed by atoms with Gasteiger partial charge in [0.1, 0.15) is 0 Å². The molecule has 0 spiro atoms. The predicted molar refractivity (Wildman–Crippen MR) is 66.7 cm³/mol. The zero-order valence-electron chi connectivity index (χ0n) is 10.1. The van der Waals surface area contributed by atoms with Crippen LogP contribution in [-0.4, -0.2) is 37.7 Å². The van der Waals surface area contributed by atoms with Gasteiger partial charge in [-0.15, -0.1) is 5.10 Å². The minimum atomic E-state index is -0.588. The second-order valence-electron chi connectivity index (χ2n) is 3.71. The van der Waals surface area contributed by atoms with Gasteiger partial charge in [-0.25, -0.2) is 9.78 Å². The van der Waals surface area contributed by atoms with Crippen LogP contribution >= 0.6 is 0 Å². The molecular formula is C11H10N6O2. The van der Waals surface area contributed by atoms with Gasteiger partial charge in [-0.1, -0.05) is 12.1 Å². The Morgan fingerprint density at radius 1 is 1.42 bits per heavy atom.